The highest BCUT2D eigenvalue weighted by atomic mass is 19.3. The first-order valence-electron chi connectivity index (χ1n) is 5.17. The Kier molecular flexibility index (Phi) is 3.78. The predicted octanol–water partition coefficient (Wildman–Crippen LogP) is 2.24. The molecule has 0 unspecified atom stereocenters. The van der Waals surface area contributed by atoms with Crippen molar-refractivity contribution in [2.45, 2.75) is 13.2 Å². The second-order valence-electron chi connectivity index (χ2n) is 3.40. The number of para-hydroxylation sites is 1. The van der Waals surface area contributed by atoms with Crippen molar-refractivity contribution < 1.29 is 18.6 Å². The van der Waals surface area contributed by atoms with Crippen molar-refractivity contribution in [3.8, 4) is 17.1 Å². The van der Waals surface area contributed by atoms with E-state index in [1.54, 1.807) is 24.3 Å². The third-order valence-corrected chi connectivity index (χ3v) is 2.22. The zero-order chi connectivity index (χ0) is 13.0. The van der Waals surface area contributed by atoms with Crippen LogP contribution < -0.4 is 4.74 Å². The van der Waals surface area contributed by atoms with E-state index in [0.29, 0.717) is 11.3 Å². The van der Waals surface area contributed by atoms with Gasteiger partial charge in [0.05, 0.1) is 17.9 Å². The van der Waals surface area contributed by atoms with Crippen LogP contribution in [-0.2, 0) is 6.61 Å². The normalized spacial score (nSPS) is 10.7. The molecule has 0 aliphatic heterocycles. The van der Waals surface area contributed by atoms with Gasteiger partial charge in [-0.3, -0.25) is 0 Å². The fourth-order valence-corrected chi connectivity index (χ4v) is 1.46. The van der Waals surface area contributed by atoms with Crippen molar-refractivity contribution in [3.05, 3.63) is 42.2 Å². The first kappa shape index (κ1) is 12.4. The number of halogens is 2. The largest absolute Gasteiger partial charge is 0.434 e. The molecule has 2 rings (SSSR count). The Bertz CT molecular complexity index is 535. The quantitative estimate of drug-likeness (QED) is 0.906. The van der Waals surface area contributed by atoms with Crippen molar-refractivity contribution in [1.29, 1.82) is 0 Å². The van der Waals surface area contributed by atoms with E-state index in [1.165, 1.54) is 12.3 Å². The van der Waals surface area contributed by atoms with E-state index in [1.807, 2.05) is 0 Å². The molecule has 0 amide bonds. The zero-order valence-corrected chi connectivity index (χ0v) is 9.25. The van der Waals surface area contributed by atoms with Gasteiger partial charge >= 0.3 is 6.61 Å². The summed E-state index contributed by atoms with van der Waals surface area (Å²) in [4.78, 5) is 8.02. The minimum absolute atomic E-state index is 0.00240. The number of alkyl halides is 2. The Balaban J connectivity index is 2.42. The molecule has 2 aromatic rings. The number of hydrogen-bond donors (Lipinski definition) is 1. The highest BCUT2D eigenvalue weighted by Crippen LogP contribution is 2.28. The third-order valence-electron chi connectivity index (χ3n) is 2.22. The van der Waals surface area contributed by atoms with E-state index >= 15 is 0 Å². The maximum absolute atomic E-state index is 12.3. The summed E-state index contributed by atoms with van der Waals surface area (Å²) < 4.78 is 28.9. The zero-order valence-electron chi connectivity index (χ0n) is 9.25. The van der Waals surface area contributed by atoms with Gasteiger partial charge in [0.25, 0.3) is 0 Å². The highest BCUT2D eigenvalue weighted by molar-refractivity contribution is 5.63. The summed E-state index contributed by atoms with van der Waals surface area (Å²) in [6, 6.07) is 7.78. The lowest BCUT2D eigenvalue weighted by Crippen LogP contribution is -2.04. The monoisotopic (exact) mass is 252 g/mol. The van der Waals surface area contributed by atoms with E-state index in [2.05, 4.69) is 14.7 Å². The molecule has 6 heteroatoms. The summed E-state index contributed by atoms with van der Waals surface area (Å²) in [6.07, 6.45) is 1.45. The number of nitrogens with zero attached hydrogens (tertiary/aromatic N) is 2. The Morgan fingerprint density at radius 3 is 2.72 bits per heavy atom. The average molecular weight is 252 g/mol. The summed E-state index contributed by atoms with van der Waals surface area (Å²) in [5.41, 5.74) is 0.764. The van der Waals surface area contributed by atoms with Gasteiger partial charge in [-0.1, -0.05) is 12.1 Å². The Hall–Kier alpha value is -2.08. The number of hydrogen-bond acceptors (Lipinski definition) is 4. The lowest BCUT2D eigenvalue weighted by Gasteiger charge is -2.09. The van der Waals surface area contributed by atoms with Crippen molar-refractivity contribution in [3.63, 3.8) is 0 Å². The van der Waals surface area contributed by atoms with Crippen molar-refractivity contribution in [2.75, 3.05) is 0 Å². The molecule has 0 bridgehead atoms. The SMILES string of the molecule is OCc1ccnc(-c2ccccc2OC(F)F)n1. The summed E-state index contributed by atoms with van der Waals surface area (Å²) in [6.45, 7) is -3.15. The van der Waals surface area contributed by atoms with Gasteiger partial charge in [-0.15, -0.1) is 0 Å². The molecule has 4 nitrogen and oxygen atoms in total. The van der Waals surface area contributed by atoms with Crippen LogP contribution in [0.1, 0.15) is 5.69 Å². The van der Waals surface area contributed by atoms with Gasteiger partial charge in [-0.2, -0.15) is 8.78 Å². The second-order valence-corrected chi connectivity index (χ2v) is 3.40. The lowest BCUT2D eigenvalue weighted by molar-refractivity contribution is -0.0494. The van der Waals surface area contributed by atoms with E-state index in [4.69, 9.17) is 5.11 Å². The number of aromatic nitrogens is 2. The van der Waals surface area contributed by atoms with Gasteiger partial charge in [0.15, 0.2) is 5.82 Å². The molecule has 0 atom stereocenters. The Morgan fingerprint density at radius 2 is 2.00 bits per heavy atom. The number of rotatable bonds is 4. The van der Waals surface area contributed by atoms with Crippen LogP contribution in [0, 0.1) is 0 Å². The minimum Gasteiger partial charge on any atom is -0.434 e. The number of benzene rings is 1. The summed E-state index contributed by atoms with van der Waals surface area (Å²) in [7, 11) is 0. The molecule has 0 saturated heterocycles. The first-order chi connectivity index (χ1) is 8.70. The standard InChI is InChI=1S/C12H10F2N2O2/c13-12(14)18-10-4-2-1-3-9(10)11-15-6-5-8(7-17)16-11/h1-6,12,17H,7H2. The molecule has 1 aromatic carbocycles. The predicted molar refractivity (Wildman–Crippen MR) is 60.0 cm³/mol. The van der Waals surface area contributed by atoms with Crippen LogP contribution in [0.25, 0.3) is 11.4 Å². The van der Waals surface area contributed by atoms with Crippen molar-refractivity contribution in [1.82, 2.24) is 9.97 Å². The maximum Gasteiger partial charge on any atom is 0.387 e. The van der Waals surface area contributed by atoms with E-state index in [9.17, 15) is 8.78 Å². The van der Waals surface area contributed by atoms with Crippen molar-refractivity contribution >= 4 is 0 Å². The molecule has 0 saturated carbocycles. The maximum atomic E-state index is 12.3. The van der Waals surface area contributed by atoms with Crippen LogP contribution >= 0.6 is 0 Å². The summed E-state index contributed by atoms with van der Waals surface area (Å²) >= 11 is 0. The topological polar surface area (TPSA) is 55.2 Å². The van der Waals surface area contributed by atoms with Crippen LogP contribution in [-0.4, -0.2) is 21.7 Å². The van der Waals surface area contributed by atoms with Gasteiger partial charge in [-0.25, -0.2) is 9.97 Å². The lowest BCUT2D eigenvalue weighted by atomic mass is 10.2. The van der Waals surface area contributed by atoms with Crippen LogP contribution in [0.4, 0.5) is 8.78 Å². The molecule has 94 valence electrons. The van der Waals surface area contributed by atoms with Crippen LogP contribution in [0.3, 0.4) is 0 Å². The molecule has 0 aliphatic rings. The Labute approximate surface area is 102 Å². The number of aliphatic hydroxyl groups excluding tert-OH is 1. The second kappa shape index (κ2) is 5.50. The van der Waals surface area contributed by atoms with E-state index in [-0.39, 0.29) is 18.2 Å². The van der Waals surface area contributed by atoms with Crippen LogP contribution in [0.2, 0.25) is 0 Å². The number of aliphatic hydroxyl groups is 1. The molecule has 0 radical (unpaired) electrons. The molecule has 0 aliphatic carbocycles. The van der Waals surface area contributed by atoms with Gasteiger partial charge in [0, 0.05) is 6.20 Å². The fraction of sp³-hybridized carbons (Fsp3) is 0.167. The van der Waals surface area contributed by atoms with E-state index in [0.717, 1.165) is 0 Å². The fourth-order valence-electron chi connectivity index (χ4n) is 1.46. The molecule has 0 spiro atoms. The number of ether oxygens (including phenoxy) is 1. The van der Waals surface area contributed by atoms with Gasteiger partial charge in [-0.05, 0) is 18.2 Å². The average Bonchev–Trinajstić information content (AvgIpc) is 2.39. The molecular formula is C12H10F2N2O2. The van der Waals surface area contributed by atoms with Gasteiger partial charge in [0.1, 0.15) is 5.75 Å². The molecule has 18 heavy (non-hydrogen) atoms. The van der Waals surface area contributed by atoms with Crippen LogP contribution in [0.15, 0.2) is 36.5 Å². The molecule has 1 heterocycles. The molecule has 0 fully saturated rings. The minimum atomic E-state index is -2.91. The third kappa shape index (κ3) is 2.78. The van der Waals surface area contributed by atoms with Crippen LogP contribution in [0.5, 0.6) is 5.75 Å². The van der Waals surface area contributed by atoms with Crippen molar-refractivity contribution in [2.24, 2.45) is 0 Å². The van der Waals surface area contributed by atoms with Gasteiger partial charge < -0.3 is 9.84 Å². The Morgan fingerprint density at radius 1 is 1.22 bits per heavy atom. The summed E-state index contributed by atoms with van der Waals surface area (Å²) in [5, 5.41) is 8.98. The van der Waals surface area contributed by atoms with E-state index < -0.39 is 6.61 Å². The highest BCUT2D eigenvalue weighted by Gasteiger charge is 2.12. The smallest absolute Gasteiger partial charge is 0.387 e. The molecule has 1 aromatic heterocycles. The molecule has 1 N–H and O–H groups in total. The van der Waals surface area contributed by atoms with Gasteiger partial charge in [0.2, 0.25) is 0 Å². The summed E-state index contributed by atoms with van der Waals surface area (Å²) in [5.74, 6) is 0.236. The molecular weight excluding hydrogens is 242 g/mol. The first-order valence-corrected chi connectivity index (χ1v) is 5.17.